The van der Waals surface area contributed by atoms with Crippen molar-refractivity contribution in [1.29, 1.82) is 5.26 Å². The van der Waals surface area contributed by atoms with Gasteiger partial charge in [-0.2, -0.15) is 5.26 Å². The van der Waals surface area contributed by atoms with Gasteiger partial charge in [0, 0.05) is 13.1 Å². The lowest BCUT2D eigenvalue weighted by Gasteiger charge is -2.49. The normalized spacial score (nSPS) is 24.4. The average molecular weight is 278 g/mol. The van der Waals surface area contributed by atoms with Gasteiger partial charge in [-0.05, 0) is 49.6 Å². The van der Waals surface area contributed by atoms with Gasteiger partial charge in [0.05, 0.1) is 35.4 Å². The molecule has 4 rings (SSSR count). The summed E-state index contributed by atoms with van der Waals surface area (Å²) >= 11 is 0. The summed E-state index contributed by atoms with van der Waals surface area (Å²) in [4.78, 5) is 6.84. The van der Waals surface area contributed by atoms with Crippen LogP contribution in [0.1, 0.15) is 35.2 Å². The second-order valence-electron chi connectivity index (χ2n) is 6.09. The lowest BCUT2D eigenvalue weighted by Crippen LogP contribution is -2.52. The molecule has 0 saturated heterocycles. The third-order valence-corrected chi connectivity index (χ3v) is 5.12. The van der Waals surface area contributed by atoms with E-state index < -0.39 is 0 Å². The topological polar surface area (TPSA) is 44.9 Å². The first kappa shape index (κ1) is 12.6. The van der Waals surface area contributed by atoms with E-state index in [0.29, 0.717) is 0 Å². The molecule has 1 spiro atoms. The molecule has 1 unspecified atom stereocenters. The lowest BCUT2D eigenvalue weighted by molar-refractivity contribution is 0.108. The zero-order valence-electron chi connectivity index (χ0n) is 12.2. The third-order valence-electron chi connectivity index (χ3n) is 5.12. The second kappa shape index (κ2) is 4.44. The largest absolute Gasteiger partial charge is 0.333 e. The summed E-state index contributed by atoms with van der Waals surface area (Å²) in [6.07, 6.45) is 7.25. The van der Waals surface area contributed by atoms with E-state index in [1.54, 1.807) is 0 Å². The maximum absolute atomic E-state index is 9.14. The standard InChI is InChI=1S/C17H18N4/c1-20-8-5-14-9-13(10-18)3-4-15(14)17(20)6-2-7-21-12-19-11-16(17)21/h3-4,9,11-12H,2,5-8H2,1H3. The van der Waals surface area contributed by atoms with Gasteiger partial charge in [0.25, 0.3) is 0 Å². The Morgan fingerprint density at radius 3 is 3.10 bits per heavy atom. The molecule has 0 aliphatic carbocycles. The van der Waals surface area contributed by atoms with Gasteiger partial charge < -0.3 is 4.57 Å². The summed E-state index contributed by atoms with van der Waals surface area (Å²) in [5.74, 6) is 0. The smallest absolute Gasteiger partial charge is 0.0991 e. The number of aryl methyl sites for hydroxylation is 1. The molecule has 1 aromatic carbocycles. The predicted molar refractivity (Wildman–Crippen MR) is 79.7 cm³/mol. The predicted octanol–water partition coefficient (Wildman–Crippen LogP) is 2.28. The molecule has 0 saturated carbocycles. The molecule has 1 aromatic heterocycles. The van der Waals surface area contributed by atoms with Crippen LogP contribution in [0.15, 0.2) is 30.7 Å². The highest BCUT2D eigenvalue weighted by Gasteiger charge is 2.45. The zero-order chi connectivity index (χ0) is 14.4. The molecule has 2 aromatic rings. The van der Waals surface area contributed by atoms with Crippen molar-refractivity contribution in [2.75, 3.05) is 13.6 Å². The van der Waals surface area contributed by atoms with Gasteiger partial charge in [0.1, 0.15) is 0 Å². The molecule has 0 bridgehead atoms. The van der Waals surface area contributed by atoms with Crippen LogP contribution < -0.4 is 0 Å². The summed E-state index contributed by atoms with van der Waals surface area (Å²) in [6, 6.07) is 8.44. The van der Waals surface area contributed by atoms with Gasteiger partial charge in [-0.15, -0.1) is 0 Å². The monoisotopic (exact) mass is 278 g/mol. The van der Waals surface area contributed by atoms with Gasteiger partial charge in [0.15, 0.2) is 0 Å². The number of benzene rings is 1. The first-order valence-corrected chi connectivity index (χ1v) is 7.51. The molecular weight excluding hydrogens is 260 g/mol. The van der Waals surface area contributed by atoms with Crippen molar-refractivity contribution >= 4 is 0 Å². The van der Waals surface area contributed by atoms with Crippen molar-refractivity contribution in [3.8, 4) is 6.07 Å². The molecule has 106 valence electrons. The Labute approximate surface area is 124 Å². The number of imidazole rings is 1. The van der Waals surface area contributed by atoms with E-state index >= 15 is 0 Å². The fourth-order valence-electron chi connectivity index (χ4n) is 4.09. The minimum atomic E-state index is -0.0731. The van der Waals surface area contributed by atoms with Crippen LogP contribution in [0, 0.1) is 11.3 Å². The molecule has 3 heterocycles. The van der Waals surface area contributed by atoms with Crippen LogP contribution >= 0.6 is 0 Å². The highest BCUT2D eigenvalue weighted by Crippen LogP contribution is 2.45. The van der Waals surface area contributed by atoms with Crippen molar-refractivity contribution in [2.45, 2.75) is 31.3 Å². The molecule has 0 fully saturated rings. The molecule has 1 atom stereocenters. The van der Waals surface area contributed by atoms with Gasteiger partial charge >= 0.3 is 0 Å². The summed E-state index contributed by atoms with van der Waals surface area (Å²) < 4.78 is 2.29. The Balaban J connectivity index is 1.97. The number of hydrogen-bond donors (Lipinski definition) is 0. The van der Waals surface area contributed by atoms with Crippen LogP contribution in [0.5, 0.6) is 0 Å². The Hall–Kier alpha value is -2.12. The number of rotatable bonds is 0. The molecule has 0 radical (unpaired) electrons. The number of nitrogens with zero attached hydrogens (tertiary/aromatic N) is 4. The number of nitriles is 1. The van der Waals surface area contributed by atoms with Crippen LogP contribution in [0.4, 0.5) is 0 Å². The fourth-order valence-corrected chi connectivity index (χ4v) is 4.09. The van der Waals surface area contributed by atoms with Crippen molar-refractivity contribution in [1.82, 2.24) is 14.5 Å². The number of aromatic nitrogens is 2. The fraction of sp³-hybridized carbons (Fsp3) is 0.412. The quantitative estimate of drug-likeness (QED) is 0.742. The SMILES string of the molecule is CN1CCc2cc(C#N)ccc2C12CCCn1cncc12. The van der Waals surface area contributed by atoms with E-state index in [2.05, 4.69) is 39.7 Å². The summed E-state index contributed by atoms with van der Waals surface area (Å²) in [5.41, 5.74) is 4.66. The Bertz CT molecular complexity index is 739. The number of likely N-dealkylation sites (N-methyl/N-ethyl adjacent to an activating group) is 1. The van der Waals surface area contributed by atoms with Crippen molar-refractivity contribution in [3.05, 3.63) is 53.1 Å². The van der Waals surface area contributed by atoms with E-state index in [0.717, 1.165) is 37.9 Å². The van der Waals surface area contributed by atoms with Crippen LogP contribution in [0.2, 0.25) is 0 Å². The second-order valence-corrected chi connectivity index (χ2v) is 6.09. The molecule has 21 heavy (non-hydrogen) atoms. The first-order chi connectivity index (χ1) is 10.3. The van der Waals surface area contributed by atoms with Crippen LogP contribution in [-0.4, -0.2) is 28.0 Å². The Kier molecular flexibility index (Phi) is 2.66. The lowest BCUT2D eigenvalue weighted by atomic mass is 9.74. The molecule has 2 aliphatic heterocycles. The van der Waals surface area contributed by atoms with Crippen molar-refractivity contribution in [3.63, 3.8) is 0 Å². The molecule has 4 heteroatoms. The molecule has 2 aliphatic rings. The van der Waals surface area contributed by atoms with Crippen LogP contribution in [0.25, 0.3) is 0 Å². The molecule has 0 N–H and O–H groups in total. The van der Waals surface area contributed by atoms with Gasteiger partial charge in [0.2, 0.25) is 0 Å². The van der Waals surface area contributed by atoms with E-state index in [1.807, 2.05) is 18.6 Å². The minimum Gasteiger partial charge on any atom is -0.333 e. The van der Waals surface area contributed by atoms with Crippen molar-refractivity contribution in [2.24, 2.45) is 0 Å². The van der Waals surface area contributed by atoms with Crippen LogP contribution in [0.3, 0.4) is 0 Å². The number of hydrogen-bond acceptors (Lipinski definition) is 3. The third kappa shape index (κ3) is 1.61. The maximum Gasteiger partial charge on any atom is 0.0991 e. The Morgan fingerprint density at radius 2 is 2.24 bits per heavy atom. The highest BCUT2D eigenvalue weighted by atomic mass is 15.2. The van der Waals surface area contributed by atoms with Gasteiger partial charge in [-0.3, -0.25) is 4.90 Å². The first-order valence-electron chi connectivity index (χ1n) is 7.51. The van der Waals surface area contributed by atoms with Crippen molar-refractivity contribution < 1.29 is 0 Å². The maximum atomic E-state index is 9.14. The summed E-state index contributed by atoms with van der Waals surface area (Å²) in [6.45, 7) is 2.07. The minimum absolute atomic E-state index is 0.0731. The highest BCUT2D eigenvalue weighted by molar-refractivity contribution is 5.47. The van der Waals surface area contributed by atoms with E-state index in [4.69, 9.17) is 5.26 Å². The van der Waals surface area contributed by atoms with E-state index in [1.165, 1.54) is 16.8 Å². The molecular formula is C17H18N4. The van der Waals surface area contributed by atoms with Gasteiger partial charge in [-0.1, -0.05) is 6.07 Å². The van der Waals surface area contributed by atoms with Crippen LogP contribution in [-0.2, 0) is 18.5 Å². The van der Waals surface area contributed by atoms with E-state index in [9.17, 15) is 0 Å². The average Bonchev–Trinajstić information content (AvgIpc) is 3.00. The summed E-state index contributed by atoms with van der Waals surface area (Å²) in [5, 5.41) is 9.14. The molecule has 0 amide bonds. The number of fused-ring (bicyclic) bond motifs is 4. The summed E-state index contributed by atoms with van der Waals surface area (Å²) in [7, 11) is 2.21. The van der Waals surface area contributed by atoms with Gasteiger partial charge in [-0.25, -0.2) is 4.98 Å². The Morgan fingerprint density at radius 1 is 1.33 bits per heavy atom. The van der Waals surface area contributed by atoms with E-state index in [-0.39, 0.29) is 5.54 Å². The molecule has 4 nitrogen and oxygen atoms in total. The zero-order valence-corrected chi connectivity index (χ0v) is 12.2.